The van der Waals surface area contributed by atoms with Crippen molar-refractivity contribution in [1.29, 1.82) is 0 Å². The molecule has 33 heavy (non-hydrogen) atoms. The lowest BCUT2D eigenvalue weighted by molar-refractivity contribution is -0.136. The van der Waals surface area contributed by atoms with Crippen LogP contribution in [0.25, 0.3) is 21.3 Å². The quantitative estimate of drug-likeness (QED) is 0.378. The molecule has 0 saturated heterocycles. The number of fused-ring (bicyclic) bond motifs is 1. The Morgan fingerprint density at radius 3 is 2.70 bits per heavy atom. The van der Waals surface area contributed by atoms with Crippen LogP contribution < -0.4 is 9.47 Å². The lowest BCUT2D eigenvalue weighted by Gasteiger charge is -2.07. The number of aryl methyl sites for hydroxylation is 1. The molecule has 0 amide bonds. The molecule has 1 aromatic carbocycles. The molecule has 0 aliphatic carbocycles. The molecule has 0 spiro atoms. The van der Waals surface area contributed by atoms with E-state index in [0.29, 0.717) is 31.9 Å². The average Bonchev–Trinajstić information content (AvgIpc) is 3.43. The maximum atomic E-state index is 13.5. The Hall–Kier alpha value is -3.15. The van der Waals surface area contributed by atoms with E-state index in [4.69, 9.17) is 26.2 Å². The normalized spacial score (nSPS) is 11.6. The van der Waals surface area contributed by atoms with E-state index in [0.717, 1.165) is 15.3 Å². The monoisotopic (exact) mass is 507 g/mol. The molecule has 4 aromatic rings. The van der Waals surface area contributed by atoms with Crippen LogP contribution in [0.3, 0.4) is 0 Å². The highest BCUT2D eigenvalue weighted by Crippen LogP contribution is 2.37. The van der Waals surface area contributed by atoms with Crippen LogP contribution in [0.15, 0.2) is 46.9 Å². The second-order valence-electron chi connectivity index (χ2n) is 6.91. The van der Waals surface area contributed by atoms with Crippen LogP contribution >= 0.6 is 22.9 Å². The smallest absolute Gasteiger partial charge is 0.319 e. The van der Waals surface area contributed by atoms with E-state index in [1.807, 2.05) is 0 Å². The molecule has 0 bridgehead atoms. The molecule has 0 unspecified atom stereocenters. The van der Waals surface area contributed by atoms with Crippen LogP contribution in [-0.4, -0.2) is 47.7 Å². The van der Waals surface area contributed by atoms with Crippen LogP contribution in [0, 0.1) is 0 Å². The van der Waals surface area contributed by atoms with Gasteiger partial charge in [-0.25, -0.2) is 8.96 Å². The highest BCUT2D eigenvalue weighted by atomic mass is 35.5. The Bertz CT molecular complexity index is 1460. The predicted octanol–water partition coefficient (Wildman–Crippen LogP) is 4.08. The molecule has 172 valence electrons. The number of benzene rings is 1. The van der Waals surface area contributed by atoms with Crippen LogP contribution in [0.2, 0.25) is 5.02 Å². The fraction of sp³-hybridized carbons (Fsp3) is 0.190. The highest BCUT2D eigenvalue weighted by molar-refractivity contribution is 7.92. The SMILES string of the molecule is COc1ncc(-c2ccc(S(=O)(=O)n3cc(CCC(=O)O)c4cc(Cl)ccc43)s2)c(OC)n1. The number of thiophene rings is 1. The van der Waals surface area contributed by atoms with Crippen molar-refractivity contribution in [3.05, 3.63) is 53.3 Å². The third-order valence-corrected chi connectivity index (χ3v) is 8.39. The minimum Gasteiger partial charge on any atom is -0.481 e. The molecule has 3 heterocycles. The summed E-state index contributed by atoms with van der Waals surface area (Å²) in [6.07, 6.45) is 3.00. The van der Waals surface area contributed by atoms with Crippen LogP contribution in [0.5, 0.6) is 11.9 Å². The van der Waals surface area contributed by atoms with Gasteiger partial charge in [-0.1, -0.05) is 11.6 Å². The van der Waals surface area contributed by atoms with E-state index in [1.165, 1.54) is 32.7 Å². The number of methoxy groups -OCH3 is 2. The molecule has 4 rings (SSSR count). The molecule has 0 fully saturated rings. The summed E-state index contributed by atoms with van der Waals surface area (Å²) in [6.45, 7) is 0. The zero-order chi connectivity index (χ0) is 23.8. The highest BCUT2D eigenvalue weighted by Gasteiger charge is 2.25. The number of halogens is 1. The fourth-order valence-electron chi connectivity index (χ4n) is 3.35. The maximum Gasteiger partial charge on any atom is 0.319 e. The molecule has 0 radical (unpaired) electrons. The summed E-state index contributed by atoms with van der Waals surface area (Å²) in [6, 6.07) is 8.12. The molecule has 0 aliphatic rings. The number of hydrogen-bond acceptors (Lipinski definition) is 8. The fourth-order valence-corrected chi connectivity index (χ4v) is 6.31. The number of ether oxygens (including phenoxy) is 2. The number of aromatic nitrogens is 3. The first-order valence-electron chi connectivity index (χ1n) is 9.56. The van der Waals surface area contributed by atoms with Crippen molar-refractivity contribution in [2.24, 2.45) is 0 Å². The van der Waals surface area contributed by atoms with Crippen molar-refractivity contribution >= 4 is 49.8 Å². The van der Waals surface area contributed by atoms with Gasteiger partial charge in [-0.3, -0.25) is 4.79 Å². The molecule has 0 aliphatic heterocycles. The number of rotatable bonds is 8. The Morgan fingerprint density at radius 2 is 2.00 bits per heavy atom. The molecule has 0 atom stereocenters. The molecule has 3 aromatic heterocycles. The summed E-state index contributed by atoms with van der Waals surface area (Å²) in [5.74, 6) is -0.719. The molecule has 1 N–H and O–H groups in total. The van der Waals surface area contributed by atoms with Crippen LogP contribution in [0.1, 0.15) is 12.0 Å². The van der Waals surface area contributed by atoms with Crippen molar-refractivity contribution < 1.29 is 27.8 Å². The van der Waals surface area contributed by atoms with Crippen molar-refractivity contribution in [3.63, 3.8) is 0 Å². The predicted molar refractivity (Wildman–Crippen MR) is 124 cm³/mol. The second-order valence-corrected chi connectivity index (χ2v) is 10.5. The summed E-state index contributed by atoms with van der Waals surface area (Å²) >= 11 is 7.15. The topological polar surface area (TPSA) is 121 Å². The first kappa shape index (κ1) is 23.0. The maximum absolute atomic E-state index is 13.5. The van der Waals surface area contributed by atoms with Gasteiger partial charge in [-0.05, 0) is 42.3 Å². The number of carboxylic acids is 1. The standard InChI is InChI=1S/C21H18ClN3O6S2/c1-30-20-15(10-23-21(24-20)31-2)17-6-8-19(32-17)33(28,29)25-11-12(3-7-18(26)27)14-9-13(22)4-5-16(14)25/h4-6,8-11H,3,7H2,1-2H3,(H,26,27). The van der Waals surface area contributed by atoms with Gasteiger partial charge in [0.15, 0.2) is 0 Å². The van der Waals surface area contributed by atoms with Crippen molar-refractivity contribution in [2.75, 3.05) is 14.2 Å². The third kappa shape index (κ3) is 4.39. The van der Waals surface area contributed by atoms with Gasteiger partial charge in [0.2, 0.25) is 5.88 Å². The Kier molecular flexibility index (Phi) is 6.28. The number of carboxylic acid groups (broad SMARTS) is 1. The number of carbonyl (C=O) groups is 1. The Balaban J connectivity index is 1.79. The van der Waals surface area contributed by atoms with Crippen molar-refractivity contribution in [2.45, 2.75) is 17.1 Å². The molecular formula is C21H18ClN3O6S2. The first-order valence-corrected chi connectivity index (χ1v) is 12.2. The number of hydrogen-bond donors (Lipinski definition) is 1. The van der Waals surface area contributed by atoms with Gasteiger partial charge in [0, 0.05) is 34.1 Å². The van der Waals surface area contributed by atoms with Crippen LogP contribution in [-0.2, 0) is 21.2 Å². The van der Waals surface area contributed by atoms with Gasteiger partial charge < -0.3 is 14.6 Å². The average molecular weight is 508 g/mol. The van der Waals surface area contributed by atoms with Gasteiger partial charge in [0.05, 0.1) is 25.3 Å². The van der Waals surface area contributed by atoms with Crippen LogP contribution in [0.4, 0.5) is 0 Å². The molecule has 12 heteroatoms. The summed E-state index contributed by atoms with van der Waals surface area (Å²) in [5.41, 5.74) is 1.52. The zero-order valence-corrected chi connectivity index (χ0v) is 19.9. The summed E-state index contributed by atoms with van der Waals surface area (Å²) < 4.78 is 38.6. The number of nitrogens with zero attached hydrogens (tertiary/aromatic N) is 3. The van der Waals surface area contributed by atoms with Gasteiger partial charge in [-0.15, -0.1) is 11.3 Å². The van der Waals surface area contributed by atoms with Crippen molar-refractivity contribution in [1.82, 2.24) is 13.9 Å². The van der Waals surface area contributed by atoms with E-state index in [9.17, 15) is 13.2 Å². The molecule has 0 saturated carbocycles. The third-order valence-electron chi connectivity index (χ3n) is 4.89. The largest absolute Gasteiger partial charge is 0.481 e. The lowest BCUT2D eigenvalue weighted by Crippen LogP contribution is -2.10. The zero-order valence-electron chi connectivity index (χ0n) is 17.5. The van der Waals surface area contributed by atoms with Gasteiger partial charge >= 0.3 is 12.0 Å². The molecular weight excluding hydrogens is 490 g/mol. The first-order chi connectivity index (χ1) is 15.7. The van der Waals surface area contributed by atoms with E-state index >= 15 is 0 Å². The molecule has 9 nitrogen and oxygen atoms in total. The van der Waals surface area contributed by atoms with E-state index in [-0.39, 0.29) is 28.9 Å². The lowest BCUT2D eigenvalue weighted by atomic mass is 10.1. The Labute approximate surface area is 198 Å². The summed E-state index contributed by atoms with van der Waals surface area (Å²) in [5, 5.41) is 10.1. The Morgan fingerprint density at radius 1 is 1.21 bits per heavy atom. The van der Waals surface area contributed by atoms with Gasteiger partial charge in [0.25, 0.3) is 10.0 Å². The van der Waals surface area contributed by atoms with Gasteiger partial charge in [0.1, 0.15) is 4.21 Å². The summed E-state index contributed by atoms with van der Waals surface area (Å²) in [4.78, 5) is 19.9. The van der Waals surface area contributed by atoms with Gasteiger partial charge in [-0.2, -0.15) is 13.4 Å². The van der Waals surface area contributed by atoms with E-state index in [2.05, 4.69) is 9.97 Å². The number of aliphatic carboxylic acids is 1. The summed E-state index contributed by atoms with van der Waals surface area (Å²) in [7, 11) is -1.09. The minimum absolute atomic E-state index is 0.0898. The van der Waals surface area contributed by atoms with E-state index in [1.54, 1.807) is 24.3 Å². The van der Waals surface area contributed by atoms with E-state index < -0.39 is 16.0 Å². The second kappa shape index (κ2) is 9.00. The minimum atomic E-state index is -3.98. The van der Waals surface area contributed by atoms with Crippen molar-refractivity contribution in [3.8, 4) is 22.3 Å².